The molecule has 0 aliphatic rings. The van der Waals surface area contributed by atoms with E-state index in [4.69, 9.17) is 13.9 Å². The fourth-order valence-electron chi connectivity index (χ4n) is 2.30. The van der Waals surface area contributed by atoms with Crippen LogP contribution in [0, 0.1) is 5.82 Å². The molecule has 1 heterocycles. The summed E-state index contributed by atoms with van der Waals surface area (Å²) in [4.78, 5) is 23.6. The van der Waals surface area contributed by atoms with Crippen molar-refractivity contribution in [3.8, 4) is 5.75 Å². The summed E-state index contributed by atoms with van der Waals surface area (Å²) in [6.07, 6.45) is 0. The largest absolute Gasteiger partial charge is 0.497 e. The first-order valence-electron chi connectivity index (χ1n) is 7.11. The third kappa shape index (κ3) is 3.12. The van der Waals surface area contributed by atoms with Crippen molar-refractivity contribution in [3.63, 3.8) is 0 Å². The standard InChI is InChI=1S/C18H13FO5/c1-22-12-6-7-13-11(8-17(20)24-16(13)9-12)10-23-18(21)14-4-2-3-5-15(14)19/h2-9H,10H2,1H3. The van der Waals surface area contributed by atoms with E-state index < -0.39 is 17.4 Å². The molecule has 0 radical (unpaired) electrons. The zero-order valence-electron chi connectivity index (χ0n) is 12.7. The zero-order chi connectivity index (χ0) is 17.1. The lowest BCUT2D eigenvalue weighted by Crippen LogP contribution is -2.09. The summed E-state index contributed by atoms with van der Waals surface area (Å²) in [6.45, 7) is -0.179. The number of esters is 1. The van der Waals surface area contributed by atoms with Crippen molar-refractivity contribution in [2.75, 3.05) is 7.11 Å². The number of carbonyl (C=O) groups is 1. The summed E-state index contributed by atoms with van der Waals surface area (Å²) < 4.78 is 28.9. The Balaban J connectivity index is 1.89. The van der Waals surface area contributed by atoms with Gasteiger partial charge in [0.05, 0.1) is 12.7 Å². The molecule has 6 heteroatoms. The van der Waals surface area contributed by atoms with Crippen LogP contribution in [0.25, 0.3) is 11.0 Å². The Hall–Kier alpha value is -3.15. The molecule has 24 heavy (non-hydrogen) atoms. The average molecular weight is 328 g/mol. The highest BCUT2D eigenvalue weighted by molar-refractivity contribution is 5.90. The maximum Gasteiger partial charge on any atom is 0.341 e. The first kappa shape index (κ1) is 15.7. The molecule has 2 aromatic carbocycles. The molecule has 1 aromatic heterocycles. The molecule has 0 fully saturated rings. The van der Waals surface area contributed by atoms with E-state index in [0.717, 1.165) is 0 Å². The van der Waals surface area contributed by atoms with Gasteiger partial charge in [0.2, 0.25) is 0 Å². The Morgan fingerprint density at radius 1 is 1.17 bits per heavy atom. The molecule has 0 saturated heterocycles. The van der Waals surface area contributed by atoms with Gasteiger partial charge in [-0.15, -0.1) is 0 Å². The van der Waals surface area contributed by atoms with Crippen molar-refractivity contribution in [2.24, 2.45) is 0 Å². The molecule has 3 rings (SSSR count). The van der Waals surface area contributed by atoms with Gasteiger partial charge >= 0.3 is 11.6 Å². The van der Waals surface area contributed by atoms with E-state index in [1.54, 1.807) is 24.3 Å². The number of hydrogen-bond acceptors (Lipinski definition) is 5. The minimum Gasteiger partial charge on any atom is -0.497 e. The number of rotatable bonds is 4. The van der Waals surface area contributed by atoms with Gasteiger partial charge in [-0.1, -0.05) is 12.1 Å². The van der Waals surface area contributed by atoms with Gasteiger partial charge in [-0.3, -0.25) is 0 Å². The van der Waals surface area contributed by atoms with Crippen LogP contribution in [0.4, 0.5) is 4.39 Å². The third-order valence-corrected chi connectivity index (χ3v) is 3.49. The maximum absolute atomic E-state index is 13.6. The van der Waals surface area contributed by atoms with Crippen LogP contribution in [0.1, 0.15) is 15.9 Å². The summed E-state index contributed by atoms with van der Waals surface area (Å²) in [5, 5.41) is 0.608. The fourth-order valence-corrected chi connectivity index (χ4v) is 2.30. The molecule has 0 aliphatic carbocycles. The van der Waals surface area contributed by atoms with Crippen molar-refractivity contribution in [1.82, 2.24) is 0 Å². The summed E-state index contributed by atoms with van der Waals surface area (Å²) in [7, 11) is 1.50. The number of halogens is 1. The molecular formula is C18H13FO5. The molecule has 5 nitrogen and oxygen atoms in total. The Bertz CT molecular complexity index is 961. The van der Waals surface area contributed by atoms with Gasteiger partial charge in [-0.25, -0.2) is 14.0 Å². The van der Waals surface area contributed by atoms with Crippen LogP contribution in [0.3, 0.4) is 0 Å². The second-order valence-corrected chi connectivity index (χ2v) is 5.01. The molecule has 0 spiro atoms. The second-order valence-electron chi connectivity index (χ2n) is 5.01. The van der Waals surface area contributed by atoms with Gasteiger partial charge in [0.25, 0.3) is 0 Å². The topological polar surface area (TPSA) is 65.7 Å². The molecule has 0 unspecified atom stereocenters. The molecule has 0 N–H and O–H groups in total. The summed E-state index contributed by atoms with van der Waals surface area (Å²) in [6, 6.07) is 11.7. The number of fused-ring (bicyclic) bond motifs is 1. The number of carbonyl (C=O) groups excluding carboxylic acids is 1. The van der Waals surface area contributed by atoms with Crippen LogP contribution in [0.5, 0.6) is 5.75 Å². The average Bonchev–Trinajstić information content (AvgIpc) is 2.59. The van der Waals surface area contributed by atoms with Gasteiger partial charge in [-0.2, -0.15) is 0 Å². The highest BCUT2D eigenvalue weighted by Crippen LogP contribution is 2.23. The summed E-state index contributed by atoms with van der Waals surface area (Å²) in [5.41, 5.74) is 0.0477. The first-order valence-corrected chi connectivity index (χ1v) is 7.11. The SMILES string of the molecule is COc1ccc2c(COC(=O)c3ccccc3F)cc(=O)oc2c1. The zero-order valence-corrected chi connectivity index (χ0v) is 12.7. The molecule has 0 amide bonds. The lowest BCUT2D eigenvalue weighted by Gasteiger charge is -2.08. The highest BCUT2D eigenvalue weighted by Gasteiger charge is 2.14. The monoisotopic (exact) mass is 328 g/mol. The Morgan fingerprint density at radius 3 is 2.71 bits per heavy atom. The quantitative estimate of drug-likeness (QED) is 0.543. The summed E-state index contributed by atoms with van der Waals surface area (Å²) in [5.74, 6) is -0.932. The van der Waals surface area contributed by atoms with Crippen LogP contribution >= 0.6 is 0 Å². The number of benzene rings is 2. The van der Waals surface area contributed by atoms with Crippen molar-refractivity contribution >= 4 is 16.9 Å². The van der Waals surface area contributed by atoms with Gasteiger partial charge < -0.3 is 13.9 Å². The van der Waals surface area contributed by atoms with Crippen LogP contribution in [0.2, 0.25) is 0 Å². The molecule has 0 bridgehead atoms. The van der Waals surface area contributed by atoms with E-state index in [0.29, 0.717) is 22.3 Å². The normalized spacial score (nSPS) is 10.6. The smallest absolute Gasteiger partial charge is 0.341 e. The fraction of sp³-hybridized carbons (Fsp3) is 0.111. The molecule has 0 atom stereocenters. The van der Waals surface area contributed by atoms with Crippen molar-refractivity contribution in [1.29, 1.82) is 0 Å². The Labute approximate surface area is 136 Å². The van der Waals surface area contributed by atoms with Crippen molar-refractivity contribution < 1.29 is 23.1 Å². The Morgan fingerprint density at radius 2 is 1.96 bits per heavy atom. The van der Waals surface area contributed by atoms with Gasteiger partial charge in [-0.05, 0) is 24.3 Å². The predicted molar refractivity (Wildman–Crippen MR) is 84.6 cm³/mol. The van der Waals surface area contributed by atoms with E-state index in [2.05, 4.69) is 0 Å². The molecule has 0 aliphatic heterocycles. The van der Waals surface area contributed by atoms with Crippen molar-refractivity contribution in [3.05, 3.63) is 75.9 Å². The second kappa shape index (κ2) is 6.54. The molecular weight excluding hydrogens is 315 g/mol. The highest BCUT2D eigenvalue weighted by atomic mass is 19.1. The van der Waals surface area contributed by atoms with Crippen LogP contribution in [0.15, 0.2) is 57.7 Å². The minimum absolute atomic E-state index is 0.161. The molecule has 3 aromatic rings. The van der Waals surface area contributed by atoms with Gasteiger partial charge in [0, 0.05) is 23.1 Å². The maximum atomic E-state index is 13.6. The number of ether oxygens (including phenoxy) is 2. The number of methoxy groups -OCH3 is 1. The first-order chi connectivity index (χ1) is 11.6. The van der Waals surface area contributed by atoms with Crippen LogP contribution in [-0.2, 0) is 11.3 Å². The van der Waals surface area contributed by atoms with Gasteiger partial charge in [0.1, 0.15) is 23.8 Å². The summed E-state index contributed by atoms with van der Waals surface area (Å²) >= 11 is 0. The van der Waals surface area contributed by atoms with Crippen LogP contribution in [-0.4, -0.2) is 13.1 Å². The van der Waals surface area contributed by atoms with Gasteiger partial charge in [0.15, 0.2) is 0 Å². The number of hydrogen-bond donors (Lipinski definition) is 0. The molecule has 122 valence electrons. The van der Waals surface area contributed by atoms with E-state index in [9.17, 15) is 14.0 Å². The van der Waals surface area contributed by atoms with E-state index >= 15 is 0 Å². The Kier molecular flexibility index (Phi) is 4.29. The van der Waals surface area contributed by atoms with Crippen molar-refractivity contribution in [2.45, 2.75) is 6.61 Å². The van der Waals surface area contributed by atoms with E-state index in [-0.39, 0.29) is 12.2 Å². The lowest BCUT2D eigenvalue weighted by molar-refractivity contribution is 0.0468. The van der Waals surface area contributed by atoms with E-state index in [1.165, 1.54) is 31.4 Å². The van der Waals surface area contributed by atoms with E-state index in [1.807, 2.05) is 0 Å². The molecule has 0 saturated carbocycles. The van der Waals surface area contributed by atoms with Crippen LogP contribution < -0.4 is 10.4 Å². The lowest BCUT2D eigenvalue weighted by atomic mass is 10.1. The minimum atomic E-state index is -0.803. The predicted octanol–water partition coefficient (Wildman–Crippen LogP) is 3.30. The third-order valence-electron chi connectivity index (χ3n) is 3.49.